The van der Waals surface area contributed by atoms with E-state index in [0.29, 0.717) is 13.0 Å². The number of nitrogens with one attached hydrogen (secondary N) is 1. The molecule has 21 heavy (non-hydrogen) atoms. The Morgan fingerprint density at radius 3 is 2.57 bits per heavy atom. The van der Waals surface area contributed by atoms with Crippen molar-refractivity contribution in [3.8, 4) is 11.8 Å². The zero-order chi connectivity index (χ0) is 14.9. The van der Waals surface area contributed by atoms with Gasteiger partial charge in [-0.2, -0.15) is 5.26 Å². The molecule has 0 saturated heterocycles. The predicted molar refractivity (Wildman–Crippen MR) is 82.1 cm³/mol. The van der Waals surface area contributed by atoms with Crippen LogP contribution in [0.25, 0.3) is 0 Å². The van der Waals surface area contributed by atoms with Crippen molar-refractivity contribution in [2.45, 2.75) is 13.0 Å². The fourth-order valence-electron chi connectivity index (χ4n) is 2.02. The van der Waals surface area contributed by atoms with Crippen molar-refractivity contribution in [2.75, 3.05) is 18.5 Å². The zero-order valence-corrected chi connectivity index (χ0v) is 11.7. The molecule has 0 aliphatic heterocycles. The molecule has 0 fully saturated rings. The Bertz CT molecular complexity index is 603. The van der Waals surface area contributed by atoms with E-state index >= 15 is 0 Å². The number of hydrogen-bond acceptors (Lipinski definition) is 4. The van der Waals surface area contributed by atoms with Gasteiger partial charge in [-0.05, 0) is 30.2 Å². The standard InChI is InChI=1S/C17H18N2O2/c18-10-12-21-17-4-2-1-3-15(17)13-19-16-7-5-14(6-8-16)9-11-20/h1-8,19-20H,9,11-13H2. The minimum absolute atomic E-state index is 0.0485. The van der Waals surface area contributed by atoms with E-state index in [1.54, 1.807) is 0 Å². The second-order valence-electron chi connectivity index (χ2n) is 4.58. The minimum atomic E-state index is 0.0485. The van der Waals surface area contributed by atoms with Crippen LogP contribution < -0.4 is 10.1 Å². The summed E-state index contributed by atoms with van der Waals surface area (Å²) in [4.78, 5) is 0. The normalized spacial score (nSPS) is 9.90. The first-order valence-corrected chi connectivity index (χ1v) is 6.85. The molecule has 4 nitrogen and oxygen atoms in total. The summed E-state index contributed by atoms with van der Waals surface area (Å²) in [6.07, 6.45) is 0.672. The number of ether oxygens (including phenoxy) is 1. The van der Waals surface area contributed by atoms with Gasteiger partial charge in [-0.25, -0.2) is 0 Å². The largest absolute Gasteiger partial charge is 0.478 e. The Hall–Kier alpha value is -2.51. The molecule has 0 aromatic heterocycles. The third-order valence-corrected chi connectivity index (χ3v) is 3.10. The molecule has 4 heteroatoms. The molecule has 0 amide bonds. The third-order valence-electron chi connectivity index (χ3n) is 3.10. The summed E-state index contributed by atoms with van der Waals surface area (Å²) in [5.41, 5.74) is 3.12. The molecule has 0 saturated carbocycles. The van der Waals surface area contributed by atoms with Crippen molar-refractivity contribution in [3.63, 3.8) is 0 Å². The molecule has 0 radical (unpaired) electrons. The van der Waals surface area contributed by atoms with Crippen LogP contribution in [0.15, 0.2) is 48.5 Å². The SMILES string of the molecule is N#CCOc1ccccc1CNc1ccc(CCO)cc1. The Morgan fingerprint density at radius 2 is 1.86 bits per heavy atom. The van der Waals surface area contributed by atoms with E-state index in [0.717, 1.165) is 22.6 Å². The van der Waals surface area contributed by atoms with Crippen LogP contribution in [-0.2, 0) is 13.0 Å². The molecule has 2 N–H and O–H groups in total. The lowest BCUT2D eigenvalue weighted by atomic mass is 10.1. The molecule has 0 heterocycles. The third kappa shape index (κ3) is 4.51. The molecule has 2 aromatic rings. The molecule has 0 spiro atoms. The van der Waals surface area contributed by atoms with Gasteiger partial charge in [0, 0.05) is 24.4 Å². The average molecular weight is 282 g/mol. The summed E-state index contributed by atoms with van der Waals surface area (Å²) in [7, 11) is 0. The van der Waals surface area contributed by atoms with E-state index in [1.165, 1.54) is 0 Å². The average Bonchev–Trinajstić information content (AvgIpc) is 2.53. The van der Waals surface area contributed by atoms with Gasteiger partial charge in [-0.15, -0.1) is 0 Å². The van der Waals surface area contributed by atoms with Gasteiger partial charge in [0.05, 0.1) is 0 Å². The first-order valence-electron chi connectivity index (χ1n) is 6.85. The summed E-state index contributed by atoms with van der Waals surface area (Å²) in [6, 6.07) is 17.6. The minimum Gasteiger partial charge on any atom is -0.478 e. The van der Waals surface area contributed by atoms with Crippen molar-refractivity contribution in [3.05, 3.63) is 59.7 Å². The van der Waals surface area contributed by atoms with E-state index < -0.39 is 0 Å². The number of benzene rings is 2. The van der Waals surface area contributed by atoms with Gasteiger partial charge in [0.1, 0.15) is 11.8 Å². The molecule has 2 aromatic carbocycles. The lowest BCUT2D eigenvalue weighted by molar-refractivity contribution is 0.299. The van der Waals surface area contributed by atoms with Gasteiger partial charge in [-0.1, -0.05) is 30.3 Å². The van der Waals surface area contributed by atoms with Crippen LogP contribution in [0.4, 0.5) is 5.69 Å². The molecule has 0 bridgehead atoms. The van der Waals surface area contributed by atoms with Crippen LogP contribution >= 0.6 is 0 Å². The quantitative estimate of drug-likeness (QED) is 0.819. The fourth-order valence-corrected chi connectivity index (χ4v) is 2.02. The number of hydrogen-bond donors (Lipinski definition) is 2. The Kier molecular flexibility index (Phi) is 5.62. The summed E-state index contributed by atoms with van der Waals surface area (Å²) < 4.78 is 5.40. The maximum absolute atomic E-state index is 8.89. The smallest absolute Gasteiger partial charge is 0.174 e. The van der Waals surface area contributed by atoms with E-state index in [2.05, 4.69) is 5.32 Å². The van der Waals surface area contributed by atoms with Gasteiger partial charge in [0.2, 0.25) is 0 Å². The monoisotopic (exact) mass is 282 g/mol. The number of rotatable bonds is 7. The number of aliphatic hydroxyl groups excluding tert-OH is 1. The number of anilines is 1. The molecular formula is C17H18N2O2. The van der Waals surface area contributed by atoms with Gasteiger partial charge in [0.25, 0.3) is 0 Å². The second-order valence-corrected chi connectivity index (χ2v) is 4.58. The number of nitrogens with zero attached hydrogens (tertiary/aromatic N) is 1. The van der Waals surface area contributed by atoms with E-state index in [4.69, 9.17) is 15.1 Å². The molecule has 0 atom stereocenters. The molecule has 2 rings (SSSR count). The van der Waals surface area contributed by atoms with E-state index in [-0.39, 0.29) is 13.2 Å². The molecule has 0 unspecified atom stereocenters. The molecule has 0 aliphatic carbocycles. The Morgan fingerprint density at radius 1 is 1.10 bits per heavy atom. The van der Waals surface area contributed by atoms with Crippen LogP contribution in [0.2, 0.25) is 0 Å². The van der Waals surface area contributed by atoms with Crippen molar-refractivity contribution in [1.29, 1.82) is 5.26 Å². The van der Waals surface area contributed by atoms with Gasteiger partial charge < -0.3 is 15.2 Å². The lowest BCUT2D eigenvalue weighted by Crippen LogP contribution is -2.03. The maximum atomic E-state index is 8.89. The molecule has 108 valence electrons. The van der Waals surface area contributed by atoms with Gasteiger partial charge in [0.15, 0.2) is 6.61 Å². The van der Waals surface area contributed by atoms with Crippen LogP contribution in [-0.4, -0.2) is 18.3 Å². The Balaban J connectivity index is 1.98. The van der Waals surface area contributed by atoms with Crippen LogP contribution in [0.1, 0.15) is 11.1 Å². The first kappa shape index (κ1) is 14.9. The highest BCUT2D eigenvalue weighted by molar-refractivity contribution is 5.46. The fraction of sp³-hybridized carbons (Fsp3) is 0.235. The maximum Gasteiger partial charge on any atom is 0.174 e. The molecular weight excluding hydrogens is 264 g/mol. The summed E-state index contributed by atoms with van der Waals surface area (Å²) >= 11 is 0. The Labute approximate surface area is 124 Å². The van der Waals surface area contributed by atoms with Crippen molar-refractivity contribution >= 4 is 5.69 Å². The highest BCUT2D eigenvalue weighted by Gasteiger charge is 2.02. The van der Waals surface area contributed by atoms with Gasteiger partial charge >= 0.3 is 0 Å². The lowest BCUT2D eigenvalue weighted by Gasteiger charge is -2.11. The van der Waals surface area contributed by atoms with Gasteiger partial charge in [-0.3, -0.25) is 0 Å². The first-order chi connectivity index (χ1) is 10.3. The van der Waals surface area contributed by atoms with Crippen LogP contribution in [0.3, 0.4) is 0 Å². The van der Waals surface area contributed by atoms with E-state index in [9.17, 15) is 0 Å². The predicted octanol–water partition coefficient (Wildman–Crippen LogP) is 2.74. The highest BCUT2D eigenvalue weighted by atomic mass is 16.5. The molecule has 0 aliphatic rings. The number of nitriles is 1. The van der Waals surface area contributed by atoms with Crippen molar-refractivity contribution in [2.24, 2.45) is 0 Å². The van der Waals surface area contributed by atoms with Crippen LogP contribution in [0, 0.1) is 11.3 Å². The topological polar surface area (TPSA) is 65.3 Å². The number of para-hydroxylation sites is 1. The zero-order valence-electron chi connectivity index (χ0n) is 11.7. The summed E-state index contributed by atoms with van der Waals surface area (Å²) in [5.74, 6) is 0.725. The second kappa shape index (κ2) is 7.93. The highest BCUT2D eigenvalue weighted by Crippen LogP contribution is 2.19. The summed E-state index contributed by atoms with van der Waals surface area (Å²) in [5, 5.41) is 20.8. The van der Waals surface area contributed by atoms with Crippen molar-refractivity contribution < 1.29 is 9.84 Å². The number of aliphatic hydroxyl groups is 1. The van der Waals surface area contributed by atoms with Crippen LogP contribution in [0.5, 0.6) is 5.75 Å². The van der Waals surface area contributed by atoms with E-state index in [1.807, 2.05) is 54.6 Å². The summed E-state index contributed by atoms with van der Waals surface area (Å²) in [6.45, 7) is 0.838. The van der Waals surface area contributed by atoms with Crippen molar-refractivity contribution in [1.82, 2.24) is 0 Å².